The number of hydrogen-bond donors (Lipinski definition) is 2. The highest BCUT2D eigenvalue weighted by Crippen LogP contribution is 2.65. The Morgan fingerprint density at radius 3 is 2.47 bits per heavy atom. The van der Waals surface area contributed by atoms with E-state index in [4.69, 9.17) is 4.74 Å². The second-order valence-electron chi connectivity index (χ2n) is 11.7. The first-order chi connectivity index (χ1) is 16.8. The third-order valence-corrected chi connectivity index (χ3v) is 8.56. The van der Waals surface area contributed by atoms with Gasteiger partial charge in [-0.1, -0.05) is 43.3 Å². The molecule has 3 fully saturated rings. The molecule has 0 aromatic heterocycles. The molecular formula is C28H38N2O6. The molecule has 3 aliphatic heterocycles. The summed E-state index contributed by atoms with van der Waals surface area (Å²) in [5.41, 5.74) is -2.01. The van der Waals surface area contributed by atoms with Gasteiger partial charge in [-0.15, -0.1) is 6.58 Å². The number of carbonyl (C=O) groups is 3. The fraction of sp³-hybridized carbons (Fsp3) is 0.607. The summed E-state index contributed by atoms with van der Waals surface area (Å²) in [7, 11) is 0. The second kappa shape index (κ2) is 8.99. The molecule has 0 saturated carbocycles. The summed E-state index contributed by atoms with van der Waals surface area (Å²) < 4.78 is 6.58. The molecule has 196 valence electrons. The van der Waals surface area contributed by atoms with Crippen molar-refractivity contribution in [2.75, 3.05) is 13.2 Å². The van der Waals surface area contributed by atoms with Crippen molar-refractivity contribution in [3.05, 3.63) is 48.6 Å². The van der Waals surface area contributed by atoms with Crippen LogP contribution in [-0.4, -0.2) is 79.8 Å². The van der Waals surface area contributed by atoms with Crippen LogP contribution in [0.1, 0.15) is 46.6 Å². The number of aliphatic carboxylic acids is 1. The minimum absolute atomic E-state index is 0.165. The molecule has 8 nitrogen and oxygen atoms in total. The van der Waals surface area contributed by atoms with E-state index in [1.165, 1.54) is 4.90 Å². The van der Waals surface area contributed by atoms with E-state index >= 15 is 0 Å². The summed E-state index contributed by atoms with van der Waals surface area (Å²) in [6, 6.07) is 7.70. The molecule has 1 aromatic rings. The van der Waals surface area contributed by atoms with Gasteiger partial charge in [0.2, 0.25) is 11.8 Å². The molecule has 0 radical (unpaired) electrons. The van der Waals surface area contributed by atoms with Crippen LogP contribution in [0.3, 0.4) is 0 Å². The molecular weight excluding hydrogens is 460 g/mol. The van der Waals surface area contributed by atoms with Crippen molar-refractivity contribution in [2.24, 2.45) is 17.8 Å². The Morgan fingerprint density at radius 2 is 1.94 bits per heavy atom. The van der Waals surface area contributed by atoms with E-state index in [1.807, 2.05) is 58.0 Å². The predicted octanol–water partition coefficient (Wildman–Crippen LogP) is 2.50. The first-order valence-corrected chi connectivity index (χ1v) is 12.7. The fourth-order valence-electron chi connectivity index (χ4n) is 6.83. The van der Waals surface area contributed by atoms with Gasteiger partial charge in [-0.2, -0.15) is 0 Å². The van der Waals surface area contributed by atoms with E-state index in [9.17, 15) is 24.6 Å². The molecule has 0 aliphatic carbocycles. The molecule has 3 unspecified atom stereocenters. The molecule has 2 amide bonds. The van der Waals surface area contributed by atoms with Crippen LogP contribution in [0, 0.1) is 17.8 Å². The third kappa shape index (κ3) is 3.77. The average molecular weight is 499 g/mol. The number of amides is 2. The number of rotatable bonds is 8. The Kier molecular flexibility index (Phi) is 6.58. The first-order valence-electron chi connectivity index (χ1n) is 12.7. The van der Waals surface area contributed by atoms with Crippen molar-refractivity contribution in [1.29, 1.82) is 0 Å². The summed E-state index contributed by atoms with van der Waals surface area (Å²) in [6.07, 6.45) is 2.37. The van der Waals surface area contributed by atoms with Gasteiger partial charge in [0, 0.05) is 12.1 Å². The van der Waals surface area contributed by atoms with Crippen LogP contribution >= 0.6 is 0 Å². The van der Waals surface area contributed by atoms with Crippen molar-refractivity contribution in [2.45, 2.75) is 76.3 Å². The molecule has 2 bridgehead atoms. The average Bonchev–Trinajstić information content (AvgIpc) is 3.32. The summed E-state index contributed by atoms with van der Waals surface area (Å²) >= 11 is 0. The standard InChI is InChI=1S/C28H38N2O6/c1-7-13-29(26(3,4)5)24(33)22-28-15-17(2)27(6,36-28)21(25(34)35)20(28)23(32)30(22)19(16-31)14-18-11-9-8-10-12-18/h7-12,17,19-22,31H,1,13-16H2,2-6H3,(H,34,35)/t17?,19-,20+,21-,22?,27+,28?/m1/s1. The lowest BCUT2D eigenvalue weighted by Crippen LogP contribution is -2.62. The molecule has 8 heteroatoms. The largest absolute Gasteiger partial charge is 0.481 e. The van der Waals surface area contributed by atoms with E-state index in [-0.39, 0.29) is 25.0 Å². The van der Waals surface area contributed by atoms with E-state index in [0.717, 1.165) is 5.56 Å². The molecule has 3 heterocycles. The van der Waals surface area contributed by atoms with Gasteiger partial charge in [-0.3, -0.25) is 14.4 Å². The predicted molar refractivity (Wildman–Crippen MR) is 134 cm³/mol. The highest BCUT2D eigenvalue weighted by atomic mass is 16.5. The van der Waals surface area contributed by atoms with Gasteiger partial charge in [0.15, 0.2) is 0 Å². The highest BCUT2D eigenvalue weighted by molar-refractivity contribution is 5.98. The zero-order valence-electron chi connectivity index (χ0n) is 21.8. The van der Waals surface area contributed by atoms with Gasteiger partial charge in [0.05, 0.1) is 24.2 Å². The smallest absolute Gasteiger partial charge is 0.310 e. The van der Waals surface area contributed by atoms with Gasteiger partial charge in [-0.05, 0) is 52.0 Å². The maximum absolute atomic E-state index is 14.4. The van der Waals surface area contributed by atoms with Crippen molar-refractivity contribution >= 4 is 17.8 Å². The monoisotopic (exact) mass is 498 g/mol. The number of nitrogens with zero attached hydrogens (tertiary/aromatic N) is 2. The zero-order valence-corrected chi connectivity index (χ0v) is 21.8. The molecule has 3 aliphatic rings. The SMILES string of the molecule is C=CCN(C(=O)C1N([C@@H](CO)Cc2ccccc2)C(=O)[C@@H]2[C@H](C(=O)O)[C@@]3(C)OC12CC3C)C(C)(C)C. The van der Waals surface area contributed by atoms with E-state index in [2.05, 4.69) is 6.58 Å². The normalized spacial score (nSPS) is 33.9. The van der Waals surface area contributed by atoms with Gasteiger partial charge < -0.3 is 24.7 Å². The van der Waals surface area contributed by atoms with Crippen LogP contribution in [0.5, 0.6) is 0 Å². The van der Waals surface area contributed by atoms with Gasteiger partial charge in [0.1, 0.15) is 17.6 Å². The summed E-state index contributed by atoms with van der Waals surface area (Å²) in [5.74, 6) is -4.08. The Bertz CT molecular complexity index is 1050. The summed E-state index contributed by atoms with van der Waals surface area (Å²) in [6.45, 7) is 13.1. The minimum Gasteiger partial charge on any atom is -0.481 e. The highest BCUT2D eigenvalue weighted by Gasteiger charge is 2.80. The van der Waals surface area contributed by atoms with Gasteiger partial charge in [0.25, 0.3) is 0 Å². The fourth-order valence-corrected chi connectivity index (χ4v) is 6.83. The Balaban J connectivity index is 1.87. The molecule has 1 spiro atoms. The Labute approximate surface area is 212 Å². The Hall–Kier alpha value is -2.71. The second-order valence-corrected chi connectivity index (χ2v) is 11.7. The van der Waals surface area contributed by atoms with Crippen LogP contribution in [0.25, 0.3) is 0 Å². The van der Waals surface area contributed by atoms with Gasteiger partial charge >= 0.3 is 5.97 Å². The summed E-state index contributed by atoms with van der Waals surface area (Å²) in [5, 5.41) is 20.7. The number of ether oxygens (including phenoxy) is 1. The van der Waals surface area contributed by atoms with Crippen LogP contribution in [0.15, 0.2) is 43.0 Å². The number of hydrogen-bond acceptors (Lipinski definition) is 5. The topological polar surface area (TPSA) is 107 Å². The van der Waals surface area contributed by atoms with Crippen molar-refractivity contribution in [3.63, 3.8) is 0 Å². The summed E-state index contributed by atoms with van der Waals surface area (Å²) in [4.78, 5) is 44.2. The lowest BCUT2D eigenvalue weighted by Gasteiger charge is -2.43. The quantitative estimate of drug-likeness (QED) is 0.534. The molecule has 36 heavy (non-hydrogen) atoms. The molecule has 3 saturated heterocycles. The maximum Gasteiger partial charge on any atom is 0.310 e. The number of aliphatic hydroxyl groups excluding tert-OH is 1. The first kappa shape index (κ1) is 26.4. The number of carboxylic acid groups (broad SMARTS) is 1. The van der Waals surface area contributed by atoms with Crippen molar-refractivity contribution in [3.8, 4) is 0 Å². The lowest BCUT2D eigenvalue weighted by molar-refractivity contribution is -0.161. The minimum atomic E-state index is -1.28. The zero-order chi connectivity index (χ0) is 26.6. The van der Waals surface area contributed by atoms with Crippen molar-refractivity contribution < 1.29 is 29.3 Å². The van der Waals surface area contributed by atoms with E-state index in [1.54, 1.807) is 17.9 Å². The Morgan fingerprint density at radius 1 is 1.31 bits per heavy atom. The lowest BCUT2D eigenvalue weighted by atomic mass is 9.62. The number of likely N-dealkylation sites (tertiary alicyclic amines) is 1. The number of aliphatic hydroxyl groups is 1. The van der Waals surface area contributed by atoms with Crippen LogP contribution < -0.4 is 0 Å². The molecule has 1 aromatic carbocycles. The molecule has 4 rings (SSSR count). The maximum atomic E-state index is 14.4. The van der Waals surface area contributed by atoms with Crippen molar-refractivity contribution in [1.82, 2.24) is 9.80 Å². The van der Waals surface area contributed by atoms with Crippen LogP contribution in [0.4, 0.5) is 0 Å². The van der Waals surface area contributed by atoms with E-state index in [0.29, 0.717) is 12.8 Å². The van der Waals surface area contributed by atoms with Gasteiger partial charge in [-0.25, -0.2) is 0 Å². The number of fused-ring (bicyclic) bond motifs is 1. The molecule has 7 atom stereocenters. The number of carboxylic acids is 1. The van der Waals surface area contributed by atoms with Crippen LogP contribution in [-0.2, 0) is 25.5 Å². The van der Waals surface area contributed by atoms with E-state index < -0.39 is 52.5 Å². The number of carbonyl (C=O) groups excluding carboxylic acids is 2. The molecule has 2 N–H and O–H groups in total. The van der Waals surface area contributed by atoms with Crippen LogP contribution in [0.2, 0.25) is 0 Å². The number of benzene rings is 1. The third-order valence-electron chi connectivity index (χ3n) is 8.56.